The standard InChI is InChI=1S/C17H14BrF3N4O3S/c1-3-6-25(17(20)21)29(27,28)13-9-24(2)15(14(13)18)16(26)23-11-4-5-12(19)10(7-11)8-22/h3-5,7,9,17H,1,6H2,2H3,(H,23,26). The summed E-state index contributed by atoms with van der Waals surface area (Å²) in [5.74, 6) is -1.57. The van der Waals surface area contributed by atoms with Gasteiger partial charge in [-0.25, -0.2) is 12.8 Å². The van der Waals surface area contributed by atoms with Crippen LogP contribution in [-0.4, -0.2) is 36.3 Å². The summed E-state index contributed by atoms with van der Waals surface area (Å²) in [6, 6.07) is 4.93. The molecule has 2 aromatic rings. The Balaban J connectivity index is 2.44. The highest BCUT2D eigenvalue weighted by atomic mass is 79.9. The van der Waals surface area contributed by atoms with Gasteiger partial charge in [0.05, 0.1) is 10.0 Å². The Kier molecular flexibility index (Phi) is 6.89. The van der Waals surface area contributed by atoms with Crippen molar-refractivity contribution in [2.45, 2.75) is 11.4 Å². The van der Waals surface area contributed by atoms with Crippen LogP contribution in [0.2, 0.25) is 0 Å². The molecule has 0 unspecified atom stereocenters. The topological polar surface area (TPSA) is 95.2 Å². The molecule has 0 aliphatic heterocycles. The summed E-state index contributed by atoms with van der Waals surface area (Å²) in [6.07, 6.45) is 2.02. The van der Waals surface area contributed by atoms with Gasteiger partial charge in [0.1, 0.15) is 22.5 Å². The number of alkyl halides is 2. The van der Waals surface area contributed by atoms with Crippen LogP contribution in [0.4, 0.5) is 18.9 Å². The van der Waals surface area contributed by atoms with Crippen LogP contribution in [0.15, 0.2) is 46.4 Å². The van der Waals surface area contributed by atoms with E-state index in [4.69, 9.17) is 5.26 Å². The first kappa shape index (κ1) is 22.7. The largest absolute Gasteiger partial charge is 0.344 e. The number of amides is 1. The van der Waals surface area contributed by atoms with E-state index in [1.807, 2.05) is 0 Å². The number of aromatic nitrogens is 1. The Hall–Kier alpha value is -2.62. The number of hydrogen-bond acceptors (Lipinski definition) is 4. The molecule has 29 heavy (non-hydrogen) atoms. The third-order valence-electron chi connectivity index (χ3n) is 3.76. The quantitative estimate of drug-likeness (QED) is 0.474. The fourth-order valence-electron chi connectivity index (χ4n) is 2.42. The van der Waals surface area contributed by atoms with Gasteiger partial charge >= 0.3 is 6.55 Å². The minimum Gasteiger partial charge on any atom is -0.344 e. The van der Waals surface area contributed by atoms with E-state index in [-0.39, 0.29) is 25.7 Å². The third-order valence-corrected chi connectivity index (χ3v) is 6.62. The predicted molar refractivity (Wildman–Crippen MR) is 102 cm³/mol. The number of carbonyl (C=O) groups excluding carboxylic acids is 1. The van der Waals surface area contributed by atoms with Gasteiger partial charge in [-0.15, -0.1) is 10.9 Å². The normalized spacial score (nSPS) is 11.5. The van der Waals surface area contributed by atoms with E-state index in [0.29, 0.717) is 0 Å². The summed E-state index contributed by atoms with van der Waals surface area (Å²) in [7, 11) is -3.29. The van der Waals surface area contributed by atoms with Gasteiger partial charge < -0.3 is 9.88 Å². The molecule has 0 radical (unpaired) electrons. The number of hydrogen-bond donors (Lipinski definition) is 1. The molecule has 154 valence electrons. The van der Waals surface area contributed by atoms with Crippen LogP contribution in [0.25, 0.3) is 0 Å². The number of halogens is 4. The number of nitriles is 1. The lowest BCUT2D eigenvalue weighted by molar-refractivity contribution is 0.0379. The van der Waals surface area contributed by atoms with Gasteiger partial charge in [0.15, 0.2) is 0 Å². The summed E-state index contributed by atoms with van der Waals surface area (Å²) in [6.45, 7) is -0.683. The van der Waals surface area contributed by atoms with Crippen molar-refractivity contribution in [1.29, 1.82) is 5.26 Å². The van der Waals surface area contributed by atoms with E-state index in [1.54, 1.807) is 6.07 Å². The van der Waals surface area contributed by atoms with Gasteiger partial charge in [0, 0.05) is 25.5 Å². The van der Waals surface area contributed by atoms with E-state index in [0.717, 1.165) is 29.0 Å². The first-order valence-electron chi connectivity index (χ1n) is 7.81. The van der Waals surface area contributed by atoms with Gasteiger partial charge in [0.2, 0.25) is 0 Å². The van der Waals surface area contributed by atoms with Crippen LogP contribution < -0.4 is 5.32 Å². The van der Waals surface area contributed by atoms with Gasteiger partial charge in [0.25, 0.3) is 15.9 Å². The Morgan fingerprint density at radius 1 is 1.48 bits per heavy atom. The molecule has 1 aromatic carbocycles. The van der Waals surface area contributed by atoms with Crippen molar-refractivity contribution in [1.82, 2.24) is 8.87 Å². The van der Waals surface area contributed by atoms with E-state index in [2.05, 4.69) is 27.8 Å². The Labute approximate surface area is 173 Å². The highest BCUT2D eigenvalue weighted by Gasteiger charge is 2.35. The maximum absolute atomic E-state index is 13.4. The smallest absolute Gasteiger partial charge is 0.307 e. The van der Waals surface area contributed by atoms with E-state index >= 15 is 0 Å². The SMILES string of the molecule is C=CCN(C(F)F)S(=O)(=O)c1cn(C)c(C(=O)Nc2ccc(F)c(C#N)c2)c1Br. The molecule has 1 amide bonds. The van der Waals surface area contributed by atoms with Crippen LogP contribution in [0.5, 0.6) is 0 Å². The molecule has 0 aliphatic carbocycles. The first-order valence-corrected chi connectivity index (χ1v) is 10.0. The van der Waals surface area contributed by atoms with Crippen LogP contribution >= 0.6 is 15.9 Å². The number of nitrogens with one attached hydrogen (secondary N) is 1. The lowest BCUT2D eigenvalue weighted by Gasteiger charge is -2.18. The highest BCUT2D eigenvalue weighted by molar-refractivity contribution is 9.10. The molecule has 0 spiro atoms. The Morgan fingerprint density at radius 2 is 2.14 bits per heavy atom. The number of anilines is 1. The van der Waals surface area contributed by atoms with Crippen molar-refractivity contribution in [3.05, 3.63) is 58.6 Å². The average Bonchev–Trinajstić information content (AvgIpc) is 2.95. The monoisotopic (exact) mass is 490 g/mol. The van der Waals surface area contributed by atoms with Crippen LogP contribution in [-0.2, 0) is 17.1 Å². The minimum atomic E-state index is -4.65. The molecule has 0 fully saturated rings. The van der Waals surface area contributed by atoms with Crippen molar-refractivity contribution in [2.24, 2.45) is 7.05 Å². The average molecular weight is 491 g/mol. The molecule has 1 heterocycles. The molecular weight excluding hydrogens is 477 g/mol. The number of rotatable bonds is 7. The molecule has 0 saturated heterocycles. The molecule has 0 atom stereocenters. The summed E-state index contributed by atoms with van der Waals surface area (Å²) in [5.41, 5.74) is -0.389. The van der Waals surface area contributed by atoms with E-state index in [1.165, 1.54) is 13.1 Å². The number of aryl methyl sites for hydroxylation is 1. The summed E-state index contributed by atoms with van der Waals surface area (Å²) in [5, 5.41) is 11.3. The molecule has 0 saturated carbocycles. The number of benzene rings is 1. The molecule has 1 aromatic heterocycles. The summed E-state index contributed by atoms with van der Waals surface area (Å²) in [4.78, 5) is 12.1. The molecule has 1 N–H and O–H groups in total. The minimum absolute atomic E-state index is 0.0685. The molecular formula is C17H14BrF3N4O3S. The lowest BCUT2D eigenvalue weighted by Crippen LogP contribution is -2.35. The fraction of sp³-hybridized carbons (Fsp3) is 0.176. The van der Waals surface area contributed by atoms with Crippen LogP contribution in [0, 0.1) is 17.1 Å². The van der Waals surface area contributed by atoms with Gasteiger partial charge in [-0.05, 0) is 34.1 Å². The zero-order valence-electron chi connectivity index (χ0n) is 14.9. The molecule has 0 aliphatic rings. The van der Waals surface area contributed by atoms with E-state index < -0.39 is 39.7 Å². The van der Waals surface area contributed by atoms with Crippen molar-refractivity contribution < 1.29 is 26.4 Å². The van der Waals surface area contributed by atoms with Crippen molar-refractivity contribution in [2.75, 3.05) is 11.9 Å². The number of sulfonamides is 1. The van der Waals surface area contributed by atoms with Gasteiger partial charge in [-0.3, -0.25) is 4.79 Å². The second-order valence-corrected chi connectivity index (χ2v) is 8.32. The zero-order chi connectivity index (χ0) is 21.9. The second-order valence-electron chi connectivity index (χ2n) is 5.67. The van der Waals surface area contributed by atoms with Gasteiger partial charge in [-0.2, -0.15) is 14.0 Å². The molecule has 0 bridgehead atoms. The Morgan fingerprint density at radius 3 is 2.69 bits per heavy atom. The Bertz CT molecular complexity index is 1110. The lowest BCUT2D eigenvalue weighted by atomic mass is 10.2. The number of carbonyl (C=O) groups is 1. The molecule has 7 nitrogen and oxygen atoms in total. The first-order chi connectivity index (χ1) is 13.5. The highest BCUT2D eigenvalue weighted by Crippen LogP contribution is 2.32. The molecule has 12 heteroatoms. The van der Waals surface area contributed by atoms with Crippen molar-refractivity contribution >= 4 is 37.5 Å². The van der Waals surface area contributed by atoms with Gasteiger partial charge in [-0.1, -0.05) is 6.08 Å². The fourth-order valence-corrected chi connectivity index (χ4v) is 4.98. The predicted octanol–water partition coefficient (Wildman–Crippen LogP) is 3.45. The van der Waals surface area contributed by atoms with Crippen LogP contribution in [0.3, 0.4) is 0 Å². The zero-order valence-corrected chi connectivity index (χ0v) is 17.3. The van der Waals surface area contributed by atoms with Crippen molar-refractivity contribution in [3.8, 4) is 6.07 Å². The molecule has 2 rings (SSSR count). The van der Waals surface area contributed by atoms with E-state index in [9.17, 15) is 26.4 Å². The summed E-state index contributed by atoms with van der Waals surface area (Å²) >= 11 is 2.99. The van der Waals surface area contributed by atoms with Crippen LogP contribution in [0.1, 0.15) is 16.1 Å². The maximum Gasteiger partial charge on any atom is 0.307 e. The second kappa shape index (κ2) is 8.81. The third kappa shape index (κ3) is 4.52. The number of nitrogens with zero attached hydrogens (tertiary/aromatic N) is 3. The maximum atomic E-state index is 13.4. The van der Waals surface area contributed by atoms with Crippen molar-refractivity contribution in [3.63, 3.8) is 0 Å². The summed E-state index contributed by atoms with van der Waals surface area (Å²) < 4.78 is 65.8.